The lowest BCUT2D eigenvalue weighted by atomic mass is 10.2. The van der Waals surface area contributed by atoms with Crippen LogP contribution in [-0.4, -0.2) is 36.3 Å². The Bertz CT molecular complexity index is 463. The van der Waals surface area contributed by atoms with Crippen molar-refractivity contribution >= 4 is 17.4 Å². The van der Waals surface area contributed by atoms with Crippen LogP contribution in [0.15, 0.2) is 0 Å². The minimum atomic E-state index is 0.405. The van der Waals surface area contributed by atoms with Crippen LogP contribution in [0.3, 0.4) is 0 Å². The Hall–Kier alpha value is -0.870. The van der Waals surface area contributed by atoms with Gasteiger partial charge in [0.1, 0.15) is 16.8 Å². The molecule has 1 unspecified atom stereocenters. The van der Waals surface area contributed by atoms with Gasteiger partial charge in [-0.2, -0.15) is 0 Å². The zero-order valence-corrected chi connectivity index (χ0v) is 13.6. The summed E-state index contributed by atoms with van der Waals surface area (Å²) in [5.74, 6) is 2.38. The molecule has 1 saturated carbocycles. The average molecular weight is 298 g/mol. The SMILES string of the molecule is CCC(C)N(CCOC)c1nc(C2CC2)nc(Cl)c1C. The van der Waals surface area contributed by atoms with E-state index in [4.69, 9.17) is 21.3 Å². The van der Waals surface area contributed by atoms with Gasteiger partial charge in [0.15, 0.2) is 0 Å². The maximum absolute atomic E-state index is 6.31. The van der Waals surface area contributed by atoms with Gasteiger partial charge in [0.25, 0.3) is 0 Å². The summed E-state index contributed by atoms with van der Waals surface area (Å²) in [5.41, 5.74) is 0.965. The lowest BCUT2D eigenvalue weighted by Crippen LogP contribution is -2.37. The lowest BCUT2D eigenvalue weighted by molar-refractivity contribution is 0.203. The second-order valence-corrected chi connectivity index (χ2v) is 5.90. The number of halogens is 1. The highest BCUT2D eigenvalue weighted by Gasteiger charge is 2.29. The summed E-state index contributed by atoms with van der Waals surface area (Å²) in [7, 11) is 1.73. The van der Waals surface area contributed by atoms with E-state index in [2.05, 4.69) is 23.7 Å². The molecule has 0 radical (unpaired) electrons. The number of nitrogens with zero attached hydrogens (tertiary/aromatic N) is 3. The molecule has 0 spiro atoms. The van der Waals surface area contributed by atoms with Gasteiger partial charge in [0, 0.05) is 31.2 Å². The fourth-order valence-corrected chi connectivity index (χ4v) is 2.41. The van der Waals surface area contributed by atoms with Crippen LogP contribution in [0.25, 0.3) is 0 Å². The molecular weight excluding hydrogens is 274 g/mol. The average Bonchev–Trinajstić information content (AvgIpc) is 3.27. The Morgan fingerprint density at radius 3 is 2.65 bits per heavy atom. The van der Waals surface area contributed by atoms with Crippen molar-refractivity contribution in [2.45, 2.75) is 52.0 Å². The number of anilines is 1. The van der Waals surface area contributed by atoms with Crippen molar-refractivity contribution in [1.82, 2.24) is 9.97 Å². The quantitative estimate of drug-likeness (QED) is 0.721. The number of rotatable bonds is 7. The van der Waals surface area contributed by atoms with Crippen LogP contribution in [0, 0.1) is 6.92 Å². The summed E-state index contributed by atoms with van der Waals surface area (Å²) in [6.07, 6.45) is 3.42. The molecular formula is C15H24ClN3O. The second kappa shape index (κ2) is 6.72. The predicted octanol–water partition coefficient (Wildman–Crippen LogP) is 3.57. The van der Waals surface area contributed by atoms with E-state index >= 15 is 0 Å². The van der Waals surface area contributed by atoms with Crippen LogP contribution in [-0.2, 0) is 4.74 Å². The summed E-state index contributed by atoms with van der Waals surface area (Å²) < 4.78 is 5.23. The van der Waals surface area contributed by atoms with Gasteiger partial charge in [0.2, 0.25) is 0 Å². The van der Waals surface area contributed by atoms with Crippen molar-refractivity contribution in [2.75, 3.05) is 25.2 Å². The molecule has 1 fully saturated rings. The molecule has 0 saturated heterocycles. The molecule has 4 nitrogen and oxygen atoms in total. The monoisotopic (exact) mass is 297 g/mol. The van der Waals surface area contributed by atoms with E-state index in [-0.39, 0.29) is 0 Å². The molecule has 1 aromatic heterocycles. The zero-order chi connectivity index (χ0) is 14.7. The van der Waals surface area contributed by atoms with Gasteiger partial charge in [-0.15, -0.1) is 0 Å². The molecule has 5 heteroatoms. The zero-order valence-electron chi connectivity index (χ0n) is 12.8. The van der Waals surface area contributed by atoms with Crippen LogP contribution in [0.4, 0.5) is 5.82 Å². The van der Waals surface area contributed by atoms with Crippen molar-refractivity contribution in [3.05, 3.63) is 16.5 Å². The number of hydrogen-bond donors (Lipinski definition) is 0. The number of ether oxygens (including phenoxy) is 1. The third kappa shape index (κ3) is 3.41. The van der Waals surface area contributed by atoms with Crippen molar-refractivity contribution in [1.29, 1.82) is 0 Å². The minimum Gasteiger partial charge on any atom is -0.383 e. The number of hydrogen-bond acceptors (Lipinski definition) is 4. The molecule has 2 rings (SSSR count). The molecule has 1 aromatic rings. The molecule has 0 N–H and O–H groups in total. The van der Waals surface area contributed by atoms with E-state index in [1.807, 2.05) is 6.92 Å². The molecule has 0 amide bonds. The third-order valence-electron chi connectivity index (χ3n) is 3.95. The number of aromatic nitrogens is 2. The summed E-state index contributed by atoms with van der Waals surface area (Å²) in [6.45, 7) is 7.90. The Morgan fingerprint density at radius 2 is 2.10 bits per heavy atom. The normalized spacial score (nSPS) is 16.2. The maximum atomic E-state index is 6.31. The lowest BCUT2D eigenvalue weighted by Gasteiger charge is -2.31. The first-order chi connectivity index (χ1) is 9.58. The summed E-state index contributed by atoms with van der Waals surface area (Å²) in [4.78, 5) is 11.5. The van der Waals surface area contributed by atoms with E-state index in [1.165, 1.54) is 12.8 Å². The molecule has 1 atom stereocenters. The van der Waals surface area contributed by atoms with Crippen molar-refractivity contribution < 1.29 is 4.74 Å². The van der Waals surface area contributed by atoms with Gasteiger partial charge in [-0.1, -0.05) is 18.5 Å². The first kappa shape index (κ1) is 15.5. The van der Waals surface area contributed by atoms with Gasteiger partial charge >= 0.3 is 0 Å². The Labute approximate surface area is 126 Å². The van der Waals surface area contributed by atoms with Crippen molar-refractivity contribution in [2.24, 2.45) is 0 Å². The molecule has 1 aliphatic carbocycles. The fraction of sp³-hybridized carbons (Fsp3) is 0.733. The largest absolute Gasteiger partial charge is 0.383 e. The van der Waals surface area contributed by atoms with E-state index in [0.717, 1.165) is 30.2 Å². The van der Waals surface area contributed by atoms with Crippen LogP contribution >= 0.6 is 11.6 Å². The molecule has 112 valence electrons. The van der Waals surface area contributed by atoms with Gasteiger partial charge in [-0.25, -0.2) is 9.97 Å². The first-order valence-electron chi connectivity index (χ1n) is 7.38. The Morgan fingerprint density at radius 1 is 1.40 bits per heavy atom. The minimum absolute atomic E-state index is 0.405. The van der Waals surface area contributed by atoms with Crippen LogP contribution < -0.4 is 4.90 Å². The predicted molar refractivity (Wildman–Crippen MR) is 82.7 cm³/mol. The fourth-order valence-electron chi connectivity index (χ4n) is 2.24. The van der Waals surface area contributed by atoms with Gasteiger partial charge < -0.3 is 9.64 Å². The van der Waals surface area contributed by atoms with Crippen molar-refractivity contribution in [3.8, 4) is 0 Å². The van der Waals surface area contributed by atoms with Crippen molar-refractivity contribution in [3.63, 3.8) is 0 Å². The topological polar surface area (TPSA) is 38.2 Å². The van der Waals surface area contributed by atoms with Crippen LogP contribution in [0.5, 0.6) is 0 Å². The molecule has 0 bridgehead atoms. The standard InChI is InChI=1S/C15H24ClN3O/c1-5-10(2)19(8-9-20-4)15-11(3)13(16)17-14(18-15)12-6-7-12/h10,12H,5-9H2,1-4H3. The Kier molecular flexibility index (Phi) is 5.22. The van der Waals surface area contributed by atoms with E-state index < -0.39 is 0 Å². The molecule has 1 aliphatic rings. The van der Waals surface area contributed by atoms with Gasteiger partial charge in [-0.3, -0.25) is 0 Å². The van der Waals surface area contributed by atoms with Crippen LogP contribution in [0.1, 0.15) is 50.4 Å². The molecule has 20 heavy (non-hydrogen) atoms. The summed E-state index contributed by atoms with van der Waals surface area (Å²) >= 11 is 6.31. The highest BCUT2D eigenvalue weighted by molar-refractivity contribution is 6.30. The van der Waals surface area contributed by atoms with Gasteiger partial charge in [0.05, 0.1) is 6.61 Å². The highest BCUT2D eigenvalue weighted by atomic mass is 35.5. The molecule has 0 aliphatic heterocycles. The third-order valence-corrected chi connectivity index (χ3v) is 4.32. The summed E-state index contributed by atoms with van der Waals surface area (Å²) in [6, 6.07) is 0.405. The maximum Gasteiger partial charge on any atom is 0.137 e. The number of methoxy groups -OCH3 is 1. The van der Waals surface area contributed by atoms with E-state index in [9.17, 15) is 0 Å². The second-order valence-electron chi connectivity index (χ2n) is 5.54. The van der Waals surface area contributed by atoms with Gasteiger partial charge in [-0.05, 0) is 33.1 Å². The smallest absolute Gasteiger partial charge is 0.137 e. The van der Waals surface area contributed by atoms with E-state index in [0.29, 0.717) is 23.7 Å². The molecule has 1 heterocycles. The molecule has 0 aromatic carbocycles. The highest BCUT2D eigenvalue weighted by Crippen LogP contribution is 2.40. The summed E-state index contributed by atoms with van der Waals surface area (Å²) in [5, 5.41) is 0.586. The first-order valence-corrected chi connectivity index (χ1v) is 7.75. The van der Waals surface area contributed by atoms with E-state index in [1.54, 1.807) is 7.11 Å². The Balaban J connectivity index is 2.34. The van der Waals surface area contributed by atoms with Crippen LogP contribution in [0.2, 0.25) is 5.15 Å².